The van der Waals surface area contributed by atoms with Gasteiger partial charge in [0.05, 0.1) is 0 Å². The number of hydrogen-bond donors (Lipinski definition) is 3. The minimum atomic E-state index is -0.623. The van der Waals surface area contributed by atoms with Crippen molar-refractivity contribution in [2.24, 2.45) is 0 Å². The Morgan fingerprint density at radius 1 is 1.12 bits per heavy atom. The Balaban J connectivity index is 2.60. The quantitative estimate of drug-likeness (QED) is 0.785. The molecule has 8 heteroatoms. The maximum Gasteiger partial charge on any atom is 0.410 e. The van der Waals surface area contributed by atoms with Crippen molar-refractivity contribution >= 4 is 29.4 Å². The van der Waals surface area contributed by atoms with Crippen molar-refractivity contribution in [1.29, 1.82) is 0 Å². The second kappa shape index (κ2) is 8.19. The van der Waals surface area contributed by atoms with E-state index >= 15 is 0 Å². The van der Waals surface area contributed by atoms with Crippen LogP contribution in [-0.4, -0.2) is 49.2 Å². The fraction of sp³-hybridized carbons (Fsp3) is 0.438. The van der Waals surface area contributed by atoms with Crippen molar-refractivity contribution in [3.63, 3.8) is 0 Å². The van der Waals surface area contributed by atoms with E-state index in [1.807, 2.05) is 0 Å². The van der Waals surface area contributed by atoms with Crippen molar-refractivity contribution in [2.75, 3.05) is 31.3 Å². The number of nitrogens with zero attached hydrogens (tertiary/aromatic N) is 1. The lowest BCUT2D eigenvalue weighted by Gasteiger charge is -2.24. The summed E-state index contributed by atoms with van der Waals surface area (Å²) < 4.78 is 5.18. The van der Waals surface area contributed by atoms with Crippen LogP contribution in [0.2, 0.25) is 0 Å². The van der Waals surface area contributed by atoms with Gasteiger partial charge in [-0.15, -0.1) is 0 Å². The van der Waals surface area contributed by atoms with Crippen LogP contribution in [0, 0.1) is 0 Å². The third-order valence-electron chi connectivity index (χ3n) is 2.72. The lowest BCUT2D eigenvalue weighted by Crippen LogP contribution is -2.38. The number of ether oxygens (including phenoxy) is 1. The molecule has 0 bridgehead atoms. The van der Waals surface area contributed by atoms with E-state index in [2.05, 4.69) is 16.0 Å². The molecule has 0 aliphatic carbocycles. The summed E-state index contributed by atoms with van der Waals surface area (Å²) in [7, 11) is 2.99. The molecule has 0 fully saturated rings. The van der Waals surface area contributed by atoms with Crippen molar-refractivity contribution < 1.29 is 19.1 Å². The second-order valence-corrected chi connectivity index (χ2v) is 6.17. The molecule has 0 aliphatic heterocycles. The summed E-state index contributed by atoms with van der Waals surface area (Å²) in [4.78, 5) is 36.3. The average molecular weight is 336 g/mol. The molecule has 0 spiro atoms. The van der Waals surface area contributed by atoms with Gasteiger partial charge in [0.1, 0.15) is 12.1 Å². The second-order valence-electron chi connectivity index (χ2n) is 6.17. The molecule has 0 atom stereocenters. The first-order valence-corrected chi connectivity index (χ1v) is 7.43. The zero-order valence-electron chi connectivity index (χ0n) is 14.6. The summed E-state index contributed by atoms with van der Waals surface area (Å²) >= 11 is 0. The molecule has 0 saturated heterocycles. The highest BCUT2D eigenvalue weighted by atomic mass is 16.6. The molecule has 0 radical (unpaired) electrons. The van der Waals surface area contributed by atoms with Crippen LogP contribution in [0.15, 0.2) is 24.3 Å². The maximum absolute atomic E-state index is 12.0. The Bertz CT molecular complexity index is 610. The van der Waals surface area contributed by atoms with Gasteiger partial charge in [0.25, 0.3) is 0 Å². The fourth-order valence-corrected chi connectivity index (χ4v) is 1.69. The van der Waals surface area contributed by atoms with E-state index in [9.17, 15) is 14.4 Å². The van der Waals surface area contributed by atoms with Crippen LogP contribution >= 0.6 is 0 Å². The highest BCUT2D eigenvalue weighted by Gasteiger charge is 2.21. The van der Waals surface area contributed by atoms with Crippen molar-refractivity contribution in [3.8, 4) is 0 Å². The number of nitrogens with one attached hydrogen (secondary N) is 3. The van der Waals surface area contributed by atoms with Crippen LogP contribution in [-0.2, 0) is 9.53 Å². The number of likely N-dealkylation sites (N-methyl/N-ethyl adjacent to an activating group) is 1. The van der Waals surface area contributed by atoms with Gasteiger partial charge in [-0.25, -0.2) is 9.59 Å². The zero-order chi connectivity index (χ0) is 18.3. The summed E-state index contributed by atoms with van der Waals surface area (Å²) in [6.07, 6.45) is -0.576. The summed E-state index contributed by atoms with van der Waals surface area (Å²) in [6, 6.07) is 6.32. The van der Waals surface area contributed by atoms with Crippen molar-refractivity contribution in [2.45, 2.75) is 26.4 Å². The van der Waals surface area contributed by atoms with E-state index in [-0.39, 0.29) is 18.5 Å². The number of hydrogen-bond acceptors (Lipinski definition) is 4. The van der Waals surface area contributed by atoms with Gasteiger partial charge < -0.3 is 25.6 Å². The summed E-state index contributed by atoms with van der Waals surface area (Å²) in [5.41, 5.74) is 0.418. The number of amides is 4. The van der Waals surface area contributed by atoms with Gasteiger partial charge in [0.2, 0.25) is 5.91 Å². The molecule has 0 aliphatic rings. The van der Waals surface area contributed by atoms with Gasteiger partial charge in [-0.1, -0.05) is 6.07 Å². The first-order chi connectivity index (χ1) is 11.1. The largest absolute Gasteiger partial charge is 0.444 e. The van der Waals surface area contributed by atoms with Gasteiger partial charge in [-0.2, -0.15) is 0 Å². The number of carbonyl (C=O) groups is 3. The van der Waals surface area contributed by atoms with Crippen LogP contribution < -0.4 is 16.0 Å². The van der Waals surface area contributed by atoms with E-state index < -0.39 is 11.7 Å². The van der Waals surface area contributed by atoms with E-state index in [0.717, 1.165) is 0 Å². The number of carbonyl (C=O) groups excluding carboxylic acids is 3. The van der Waals surface area contributed by atoms with Gasteiger partial charge in [0.15, 0.2) is 0 Å². The summed E-state index contributed by atoms with van der Waals surface area (Å²) in [5.74, 6) is -0.375. The Morgan fingerprint density at radius 3 is 2.25 bits per heavy atom. The molecule has 1 aromatic rings. The number of anilines is 2. The third-order valence-corrected chi connectivity index (χ3v) is 2.72. The zero-order valence-corrected chi connectivity index (χ0v) is 14.6. The Morgan fingerprint density at radius 2 is 1.71 bits per heavy atom. The van der Waals surface area contributed by atoms with E-state index in [4.69, 9.17) is 4.74 Å². The highest BCUT2D eigenvalue weighted by molar-refractivity contribution is 5.95. The van der Waals surface area contributed by atoms with Crippen LogP contribution in [0.25, 0.3) is 0 Å². The number of benzene rings is 1. The lowest BCUT2D eigenvalue weighted by atomic mass is 10.2. The molecule has 8 nitrogen and oxygen atoms in total. The predicted molar refractivity (Wildman–Crippen MR) is 92.0 cm³/mol. The van der Waals surface area contributed by atoms with Crippen LogP contribution in [0.3, 0.4) is 0 Å². The minimum Gasteiger partial charge on any atom is -0.444 e. The lowest BCUT2D eigenvalue weighted by molar-refractivity contribution is -0.117. The topological polar surface area (TPSA) is 99.8 Å². The van der Waals surface area contributed by atoms with Crippen LogP contribution in [0.5, 0.6) is 0 Å². The molecule has 1 aromatic carbocycles. The molecular formula is C16H24N4O4. The third kappa shape index (κ3) is 6.99. The Labute approximate surface area is 141 Å². The van der Waals surface area contributed by atoms with Crippen LogP contribution in [0.1, 0.15) is 20.8 Å². The first kappa shape index (κ1) is 19.3. The summed E-state index contributed by atoms with van der Waals surface area (Å²) in [5, 5.41) is 7.70. The predicted octanol–water partition coefficient (Wildman–Crippen LogP) is 2.24. The molecule has 0 unspecified atom stereocenters. The molecule has 132 valence electrons. The van der Waals surface area contributed by atoms with E-state index in [1.165, 1.54) is 19.0 Å². The van der Waals surface area contributed by atoms with Crippen LogP contribution in [0.4, 0.5) is 21.0 Å². The fourth-order valence-electron chi connectivity index (χ4n) is 1.69. The highest BCUT2D eigenvalue weighted by Crippen LogP contribution is 2.15. The molecule has 0 aromatic heterocycles. The van der Waals surface area contributed by atoms with Gasteiger partial charge >= 0.3 is 12.1 Å². The summed E-state index contributed by atoms with van der Waals surface area (Å²) in [6.45, 7) is 5.11. The Kier molecular flexibility index (Phi) is 6.58. The monoisotopic (exact) mass is 336 g/mol. The smallest absolute Gasteiger partial charge is 0.410 e. The Hall–Kier alpha value is -2.77. The molecular weight excluding hydrogens is 312 g/mol. The van der Waals surface area contributed by atoms with E-state index in [1.54, 1.807) is 45.0 Å². The van der Waals surface area contributed by atoms with Crippen molar-refractivity contribution in [1.82, 2.24) is 10.2 Å². The minimum absolute atomic E-state index is 0.151. The standard InChI is InChI=1S/C16H24N4O4/c1-16(2,3)24-15(23)20(5)10-13(21)18-11-7-6-8-12(9-11)19-14(22)17-4/h6-9H,10H2,1-5H3,(H,18,21)(H2,17,19,22). The maximum atomic E-state index is 12.0. The van der Waals surface area contributed by atoms with E-state index in [0.29, 0.717) is 11.4 Å². The van der Waals surface area contributed by atoms with Gasteiger partial charge in [-0.3, -0.25) is 4.79 Å². The SMILES string of the molecule is CNC(=O)Nc1cccc(NC(=O)CN(C)C(=O)OC(C)(C)C)c1. The molecule has 1 rings (SSSR count). The van der Waals surface area contributed by atoms with Crippen molar-refractivity contribution in [3.05, 3.63) is 24.3 Å². The normalized spacial score (nSPS) is 10.5. The molecule has 4 amide bonds. The first-order valence-electron chi connectivity index (χ1n) is 7.43. The average Bonchev–Trinajstić information content (AvgIpc) is 2.45. The molecule has 0 saturated carbocycles. The van der Waals surface area contributed by atoms with Gasteiger partial charge in [-0.05, 0) is 39.0 Å². The number of rotatable bonds is 4. The number of urea groups is 1. The molecule has 3 N–H and O–H groups in total. The van der Waals surface area contributed by atoms with Gasteiger partial charge in [0, 0.05) is 25.5 Å². The molecule has 0 heterocycles. The molecule has 24 heavy (non-hydrogen) atoms.